The van der Waals surface area contributed by atoms with Gasteiger partial charge in [0.15, 0.2) is 11.9 Å². The minimum atomic E-state index is -1.72. The van der Waals surface area contributed by atoms with E-state index in [0.29, 0.717) is 12.0 Å². The molecule has 0 radical (unpaired) electrons. The lowest BCUT2D eigenvalue weighted by Crippen LogP contribution is -2.64. The largest absolute Gasteiger partial charge is 0.507 e. The first-order valence-electron chi connectivity index (χ1n) is 20.5. The van der Waals surface area contributed by atoms with E-state index in [0.717, 1.165) is 0 Å². The van der Waals surface area contributed by atoms with Crippen LogP contribution in [0.4, 0.5) is 0 Å². The molecular formula is C43H63ClO14. The third-order valence-electron chi connectivity index (χ3n) is 13.5. The number of phenols is 1. The van der Waals surface area contributed by atoms with Gasteiger partial charge in [0, 0.05) is 42.2 Å². The van der Waals surface area contributed by atoms with Crippen LogP contribution in [0.3, 0.4) is 0 Å². The Bertz CT molecular complexity index is 1740. The van der Waals surface area contributed by atoms with Gasteiger partial charge in [-0.1, -0.05) is 60.1 Å². The Kier molecular flexibility index (Phi) is 13.9. The van der Waals surface area contributed by atoms with Gasteiger partial charge in [-0.15, -0.1) is 0 Å². The van der Waals surface area contributed by atoms with E-state index in [1.165, 1.54) is 13.2 Å². The van der Waals surface area contributed by atoms with Gasteiger partial charge >= 0.3 is 11.9 Å². The Morgan fingerprint density at radius 3 is 2.33 bits per heavy atom. The molecule has 15 heteroatoms. The highest BCUT2D eigenvalue weighted by Crippen LogP contribution is 2.56. The van der Waals surface area contributed by atoms with Gasteiger partial charge in [0.2, 0.25) is 5.79 Å². The Morgan fingerprint density at radius 2 is 1.72 bits per heavy atom. The third-order valence-corrected chi connectivity index (χ3v) is 13.8. The summed E-state index contributed by atoms with van der Waals surface area (Å²) in [6, 6.07) is 1.52. The number of aliphatic hydroxyl groups excluding tert-OH is 3. The fraction of sp³-hybridized carbons (Fsp3) is 0.744. The van der Waals surface area contributed by atoms with Crippen LogP contribution in [-0.2, 0) is 38.0 Å². The molecule has 14 nitrogen and oxygen atoms in total. The van der Waals surface area contributed by atoms with Crippen molar-refractivity contribution < 1.29 is 68.3 Å². The topological polar surface area (TPSA) is 208 Å². The van der Waals surface area contributed by atoms with Crippen molar-refractivity contribution in [2.75, 3.05) is 13.7 Å². The fourth-order valence-corrected chi connectivity index (χ4v) is 10.7. The van der Waals surface area contributed by atoms with Crippen LogP contribution in [0.1, 0.15) is 109 Å². The van der Waals surface area contributed by atoms with Crippen LogP contribution in [0.5, 0.6) is 5.75 Å². The second-order valence-corrected chi connectivity index (χ2v) is 18.0. The second-order valence-electron chi connectivity index (χ2n) is 17.6. The van der Waals surface area contributed by atoms with Crippen LogP contribution in [0.25, 0.3) is 0 Å². The highest BCUT2D eigenvalue weighted by atomic mass is 35.5. The van der Waals surface area contributed by atoms with Crippen molar-refractivity contribution in [1.29, 1.82) is 0 Å². The van der Waals surface area contributed by atoms with Crippen LogP contribution >= 0.6 is 11.6 Å². The maximum Gasteiger partial charge on any atom is 0.339 e. The number of rotatable bonds is 13. The number of ketones is 1. The number of aromatic hydroxyl groups is 1. The van der Waals surface area contributed by atoms with E-state index in [1.54, 1.807) is 60.6 Å². The molecule has 4 heterocycles. The highest BCUT2D eigenvalue weighted by Gasteiger charge is 2.70. The molecule has 0 aliphatic carbocycles. The van der Waals surface area contributed by atoms with E-state index in [1.807, 2.05) is 20.8 Å². The molecule has 0 bridgehead atoms. The highest BCUT2D eigenvalue weighted by molar-refractivity contribution is 6.32. The number of benzene rings is 1. The van der Waals surface area contributed by atoms with Crippen molar-refractivity contribution in [2.45, 2.75) is 154 Å². The van der Waals surface area contributed by atoms with Gasteiger partial charge in [-0.2, -0.15) is 0 Å². The predicted octanol–water partition coefficient (Wildman–Crippen LogP) is 5.31. The lowest BCUT2D eigenvalue weighted by Gasteiger charge is -2.54. The van der Waals surface area contributed by atoms with Gasteiger partial charge in [-0.05, 0) is 80.7 Å². The molecule has 4 aliphatic rings. The summed E-state index contributed by atoms with van der Waals surface area (Å²) in [5.74, 6) is -9.24. The molecular weight excluding hydrogens is 776 g/mol. The molecule has 1 aromatic rings. The molecule has 4 unspecified atom stereocenters. The minimum Gasteiger partial charge on any atom is -0.507 e. The van der Waals surface area contributed by atoms with Crippen molar-refractivity contribution >= 4 is 29.3 Å². The number of hydrogen-bond acceptors (Lipinski definition) is 13. The molecule has 5 N–H and O–H groups in total. The first kappa shape index (κ1) is 46.4. The molecule has 0 aromatic heterocycles. The molecule has 4 aliphatic heterocycles. The minimum absolute atomic E-state index is 0.0417. The molecule has 326 valence electrons. The number of esters is 1. The summed E-state index contributed by atoms with van der Waals surface area (Å²) in [7, 11) is 1.51. The number of halogens is 1. The zero-order valence-electron chi connectivity index (χ0n) is 35.4. The van der Waals surface area contributed by atoms with E-state index in [4.69, 9.17) is 40.0 Å². The van der Waals surface area contributed by atoms with E-state index in [-0.39, 0.29) is 59.0 Å². The zero-order chi connectivity index (χ0) is 43.4. The number of carboxylic acids is 1. The average molecular weight is 839 g/mol. The molecule has 17 atom stereocenters. The van der Waals surface area contributed by atoms with Gasteiger partial charge in [0.1, 0.15) is 28.8 Å². The normalized spacial score (nSPS) is 38.7. The van der Waals surface area contributed by atoms with Crippen LogP contribution in [0, 0.1) is 42.4 Å². The Hall–Kier alpha value is -2.66. The fourth-order valence-electron chi connectivity index (χ4n) is 10.3. The Morgan fingerprint density at radius 1 is 1.07 bits per heavy atom. The van der Waals surface area contributed by atoms with Crippen molar-refractivity contribution in [3.8, 4) is 5.75 Å². The molecule has 58 heavy (non-hydrogen) atoms. The van der Waals surface area contributed by atoms with Crippen LogP contribution < -0.4 is 0 Å². The number of carboxylic acid groups (broad SMARTS) is 1. The molecule has 3 saturated heterocycles. The first-order chi connectivity index (χ1) is 27.0. The van der Waals surface area contributed by atoms with Gasteiger partial charge in [0.25, 0.3) is 0 Å². The molecule has 3 fully saturated rings. The monoisotopic (exact) mass is 838 g/mol. The first-order valence-corrected chi connectivity index (χ1v) is 20.8. The lowest BCUT2D eigenvalue weighted by molar-refractivity contribution is -0.414. The van der Waals surface area contributed by atoms with E-state index < -0.39 is 101 Å². The summed E-state index contributed by atoms with van der Waals surface area (Å²) >= 11 is 6.50. The average Bonchev–Trinajstić information content (AvgIpc) is 3.66. The van der Waals surface area contributed by atoms with Crippen molar-refractivity contribution in [3.05, 3.63) is 39.9 Å². The quantitative estimate of drug-likeness (QED) is 0.126. The number of Topliss-reactive ketones (excluding diaryl/α,β-unsaturated/α-hetero) is 1. The molecule has 0 saturated carbocycles. The summed E-state index contributed by atoms with van der Waals surface area (Å²) in [6.07, 6.45) is -2.84. The van der Waals surface area contributed by atoms with Crippen molar-refractivity contribution in [2.24, 2.45) is 35.5 Å². The van der Waals surface area contributed by atoms with Crippen LogP contribution in [0.2, 0.25) is 5.02 Å². The van der Waals surface area contributed by atoms with E-state index in [2.05, 4.69) is 0 Å². The summed E-state index contributed by atoms with van der Waals surface area (Å²) in [5, 5.41) is 54.7. The molecule has 2 spiro atoms. The van der Waals surface area contributed by atoms with E-state index in [9.17, 15) is 39.9 Å². The van der Waals surface area contributed by atoms with Crippen molar-refractivity contribution in [1.82, 2.24) is 0 Å². The second kappa shape index (κ2) is 17.4. The number of carbonyl (C=O) groups is 3. The lowest BCUT2D eigenvalue weighted by atomic mass is 9.74. The maximum absolute atomic E-state index is 14.3. The summed E-state index contributed by atoms with van der Waals surface area (Å²) in [6.45, 7) is 17.9. The smallest absolute Gasteiger partial charge is 0.339 e. The number of aryl methyl sites for hydroxylation is 1. The van der Waals surface area contributed by atoms with Gasteiger partial charge in [0.05, 0.1) is 37.1 Å². The maximum atomic E-state index is 14.3. The SMILES string of the molecule is CCOC(=O)C1OC([C@@]2(C)OC3(O[C@]4(C=C[C@H]3O)OC([C@@H](C)C(=O)[C@@H](C)[C@@H](O)[C@H](C)C[C@H](C)c3c(Cl)cc(C)c(O)c3C(=O)O)[C@@H](C)C[C@H]4C)[C@H](C)[C@H]2OC)C[C@H]1O. The molecule has 1 aromatic carbocycles. The number of carbonyl (C=O) groups excluding carboxylic acids is 2. The summed E-state index contributed by atoms with van der Waals surface area (Å²) in [4.78, 5) is 39.0. The third kappa shape index (κ3) is 7.98. The summed E-state index contributed by atoms with van der Waals surface area (Å²) in [5.41, 5.74) is -0.978. The number of methoxy groups -OCH3 is 1. The number of hydrogen-bond donors (Lipinski definition) is 5. The summed E-state index contributed by atoms with van der Waals surface area (Å²) < 4.78 is 37.8. The number of ether oxygens (including phenoxy) is 6. The van der Waals surface area contributed by atoms with Gasteiger partial charge in [-0.25, -0.2) is 9.59 Å². The molecule has 0 amide bonds. The van der Waals surface area contributed by atoms with Gasteiger partial charge < -0.3 is 54.0 Å². The van der Waals surface area contributed by atoms with Crippen LogP contribution in [-0.4, -0.2) is 117 Å². The van der Waals surface area contributed by atoms with Crippen molar-refractivity contribution in [3.63, 3.8) is 0 Å². The van der Waals surface area contributed by atoms with Gasteiger partial charge in [-0.3, -0.25) is 4.79 Å². The Balaban J connectivity index is 1.35. The zero-order valence-corrected chi connectivity index (χ0v) is 36.2. The van der Waals surface area contributed by atoms with Crippen LogP contribution in [0.15, 0.2) is 18.2 Å². The standard InChI is InChI=1S/C43H63ClO14/c1-12-54-40(52)37-28(45)18-30(55-37)41(10)38(53-11)26(9)43(57-41)29(46)13-14-42(58-43)23(6)16-22(5)36(56-42)25(8)35(49)24(7)33(47)20(3)15-19(2)31-27(44)17-21(4)34(48)32(31)39(50)51/h13-14,17,19-20,22-26,28-30,33,36-38,45-48H,12,15-16,18H2,1-11H3,(H,50,51)/t19-,20+,22-,23+,24-,25-,26+,28+,29+,30?,33-,36?,37?,38+,41+,42-,43?/m0/s1. The predicted molar refractivity (Wildman–Crippen MR) is 211 cm³/mol. The van der Waals surface area contributed by atoms with E-state index >= 15 is 0 Å². The molecule has 5 rings (SSSR count). The number of aliphatic hydroxyl groups is 3. The number of aromatic carboxylic acids is 1. The Labute approximate surface area is 346 Å².